The minimum Gasteiger partial charge on any atom is -0.486 e. The number of nitrogens with zero attached hydrogens (tertiary/aromatic N) is 2. The van der Waals surface area contributed by atoms with E-state index in [1.54, 1.807) is 36.5 Å². The van der Waals surface area contributed by atoms with E-state index in [2.05, 4.69) is 10.4 Å². The maximum absolute atomic E-state index is 12.6. The predicted molar refractivity (Wildman–Crippen MR) is 113 cm³/mol. The summed E-state index contributed by atoms with van der Waals surface area (Å²) >= 11 is 18.2. The van der Waals surface area contributed by atoms with Crippen LogP contribution in [0.5, 0.6) is 5.75 Å². The fourth-order valence-corrected chi connectivity index (χ4v) is 3.63. The Morgan fingerprint density at radius 1 is 1.18 bits per heavy atom. The minimum atomic E-state index is -0.219. The van der Waals surface area contributed by atoms with Crippen molar-refractivity contribution in [3.05, 3.63) is 74.5 Å². The first-order valence-corrected chi connectivity index (χ1v) is 9.72. The average Bonchev–Trinajstić information content (AvgIpc) is 3.00. The van der Waals surface area contributed by atoms with E-state index in [0.29, 0.717) is 32.1 Å². The van der Waals surface area contributed by atoms with Crippen molar-refractivity contribution in [3.63, 3.8) is 0 Å². The predicted octanol–water partition coefficient (Wildman–Crippen LogP) is 6.00. The van der Waals surface area contributed by atoms with E-state index < -0.39 is 0 Å². The van der Waals surface area contributed by atoms with Crippen LogP contribution < -0.4 is 10.1 Å². The molecule has 146 valence electrons. The van der Waals surface area contributed by atoms with Crippen LogP contribution in [0.15, 0.2) is 42.6 Å². The zero-order chi connectivity index (χ0) is 20.3. The number of ether oxygens (including phenoxy) is 1. The Morgan fingerprint density at radius 2 is 1.89 bits per heavy atom. The molecule has 0 saturated carbocycles. The van der Waals surface area contributed by atoms with Crippen LogP contribution in [-0.4, -0.2) is 15.7 Å². The van der Waals surface area contributed by atoms with Gasteiger partial charge in [-0.1, -0.05) is 46.9 Å². The van der Waals surface area contributed by atoms with Crippen molar-refractivity contribution < 1.29 is 9.53 Å². The number of anilines is 1. The van der Waals surface area contributed by atoms with Gasteiger partial charge >= 0.3 is 0 Å². The van der Waals surface area contributed by atoms with Crippen LogP contribution in [0.25, 0.3) is 0 Å². The highest BCUT2D eigenvalue weighted by atomic mass is 35.5. The van der Waals surface area contributed by atoms with E-state index in [9.17, 15) is 4.79 Å². The van der Waals surface area contributed by atoms with Gasteiger partial charge in [-0.3, -0.25) is 9.48 Å². The Kier molecular flexibility index (Phi) is 6.50. The second-order valence-electron chi connectivity index (χ2n) is 6.10. The summed E-state index contributed by atoms with van der Waals surface area (Å²) in [6.45, 7) is 4.85. The number of carbonyl (C=O) groups is 1. The van der Waals surface area contributed by atoms with E-state index in [-0.39, 0.29) is 12.5 Å². The number of benzene rings is 2. The average molecular weight is 439 g/mol. The molecule has 0 fully saturated rings. The molecule has 1 N–H and O–H groups in total. The van der Waals surface area contributed by atoms with Crippen LogP contribution in [-0.2, 0) is 13.2 Å². The normalized spacial score (nSPS) is 10.8. The molecular weight excluding hydrogens is 421 g/mol. The Balaban J connectivity index is 1.71. The second-order valence-corrected chi connectivity index (χ2v) is 7.35. The third-order valence-corrected chi connectivity index (χ3v) is 4.97. The first kappa shape index (κ1) is 20.5. The van der Waals surface area contributed by atoms with Gasteiger partial charge in [-0.2, -0.15) is 5.10 Å². The zero-order valence-electron chi connectivity index (χ0n) is 15.3. The summed E-state index contributed by atoms with van der Waals surface area (Å²) in [5.41, 5.74) is 2.91. The van der Waals surface area contributed by atoms with Gasteiger partial charge in [-0.25, -0.2) is 0 Å². The smallest absolute Gasteiger partial charge is 0.255 e. The lowest BCUT2D eigenvalue weighted by atomic mass is 10.1. The molecule has 5 nitrogen and oxygen atoms in total. The molecule has 0 aliphatic rings. The summed E-state index contributed by atoms with van der Waals surface area (Å²) in [7, 11) is 0. The molecule has 1 amide bonds. The molecule has 0 aliphatic heterocycles. The lowest BCUT2D eigenvalue weighted by Crippen LogP contribution is -2.13. The summed E-state index contributed by atoms with van der Waals surface area (Å²) in [6, 6.07) is 10.3. The number of halogens is 3. The number of carbonyl (C=O) groups excluding carboxylic acids is 1. The highest BCUT2D eigenvalue weighted by molar-refractivity contribution is 6.40. The van der Waals surface area contributed by atoms with Crippen molar-refractivity contribution in [2.45, 2.75) is 27.0 Å². The quantitative estimate of drug-likeness (QED) is 0.513. The van der Waals surface area contributed by atoms with Gasteiger partial charge in [0.2, 0.25) is 0 Å². The van der Waals surface area contributed by atoms with Crippen molar-refractivity contribution in [2.24, 2.45) is 0 Å². The van der Waals surface area contributed by atoms with E-state index in [1.165, 1.54) is 0 Å². The molecule has 8 heteroatoms. The number of rotatable bonds is 6. The van der Waals surface area contributed by atoms with E-state index in [0.717, 1.165) is 17.8 Å². The minimum absolute atomic E-state index is 0.203. The monoisotopic (exact) mass is 437 g/mol. The summed E-state index contributed by atoms with van der Waals surface area (Å²) in [6.07, 6.45) is 1.65. The molecule has 0 spiro atoms. The van der Waals surface area contributed by atoms with Gasteiger partial charge in [0.05, 0.1) is 27.6 Å². The standard InChI is InChI=1S/C20H18Cl3N3O2/c1-3-26-12(2)18(10-24-26)25-20(27)14-6-4-5-13(7-14)11-28-19-16(22)8-15(21)9-17(19)23/h4-10H,3,11H2,1-2H3,(H,25,27). The Morgan fingerprint density at radius 3 is 2.54 bits per heavy atom. The second kappa shape index (κ2) is 8.86. The first-order valence-electron chi connectivity index (χ1n) is 8.59. The number of aromatic nitrogens is 2. The third kappa shape index (κ3) is 4.61. The van der Waals surface area contributed by atoms with Gasteiger partial charge in [0.25, 0.3) is 5.91 Å². The largest absolute Gasteiger partial charge is 0.486 e. The summed E-state index contributed by atoms with van der Waals surface area (Å²) < 4.78 is 7.55. The van der Waals surface area contributed by atoms with Gasteiger partial charge in [0.1, 0.15) is 6.61 Å². The Labute approximate surface area is 178 Å². The molecule has 3 aromatic rings. The lowest BCUT2D eigenvalue weighted by molar-refractivity contribution is 0.102. The third-order valence-electron chi connectivity index (χ3n) is 4.19. The summed E-state index contributed by atoms with van der Waals surface area (Å²) in [4.78, 5) is 12.6. The molecule has 0 aliphatic carbocycles. The van der Waals surface area contributed by atoms with Crippen molar-refractivity contribution in [1.29, 1.82) is 0 Å². The molecule has 0 unspecified atom stereocenters. The van der Waals surface area contributed by atoms with Gasteiger partial charge in [0, 0.05) is 17.1 Å². The molecule has 0 bridgehead atoms. The maximum Gasteiger partial charge on any atom is 0.255 e. The molecule has 0 atom stereocenters. The topological polar surface area (TPSA) is 56.2 Å². The molecule has 28 heavy (non-hydrogen) atoms. The van der Waals surface area contributed by atoms with E-state index >= 15 is 0 Å². The summed E-state index contributed by atoms with van der Waals surface area (Å²) in [5, 5.41) is 8.21. The lowest BCUT2D eigenvalue weighted by Gasteiger charge is -2.11. The van der Waals surface area contributed by atoms with E-state index in [4.69, 9.17) is 39.5 Å². The Hall–Kier alpha value is -2.21. The zero-order valence-corrected chi connectivity index (χ0v) is 17.6. The molecule has 1 heterocycles. The van der Waals surface area contributed by atoms with Crippen LogP contribution in [0.3, 0.4) is 0 Å². The number of amides is 1. The Bertz CT molecular complexity index is 995. The molecule has 0 radical (unpaired) electrons. The fraction of sp³-hybridized carbons (Fsp3) is 0.200. The van der Waals surface area contributed by atoms with Crippen LogP contribution >= 0.6 is 34.8 Å². The van der Waals surface area contributed by atoms with E-state index in [1.807, 2.05) is 24.6 Å². The number of hydrogen-bond donors (Lipinski definition) is 1. The van der Waals surface area contributed by atoms with Crippen LogP contribution in [0.1, 0.15) is 28.5 Å². The fourth-order valence-electron chi connectivity index (χ4n) is 2.71. The SMILES string of the molecule is CCn1ncc(NC(=O)c2cccc(COc3c(Cl)cc(Cl)cc3Cl)c2)c1C. The highest BCUT2D eigenvalue weighted by Gasteiger charge is 2.13. The number of hydrogen-bond acceptors (Lipinski definition) is 3. The van der Waals surface area contributed by atoms with Gasteiger partial charge in [0.15, 0.2) is 5.75 Å². The first-order chi connectivity index (χ1) is 13.4. The van der Waals surface area contributed by atoms with Gasteiger partial charge in [-0.15, -0.1) is 0 Å². The van der Waals surface area contributed by atoms with Crippen LogP contribution in [0.2, 0.25) is 15.1 Å². The van der Waals surface area contributed by atoms with Gasteiger partial charge < -0.3 is 10.1 Å². The van der Waals surface area contributed by atoms with Crippen LogP contribution in [0.4, 0.5) is 5.69 Å². The molecule has 1 aromatic heterocycles. The maximum atomic E-state index is 12.6. The van der Waals surface area contributed by atoms with Crippen LogP contribution in [0, 0.1) is 6.92 Å². The molecule has 0 saturated heterocycles. The molecule has 3 rings (SSSR count). The van der Waals surface area contributed by atoms with Crippen molar-refractivity contribution >= 4 is 46.4 Å². The highest BCUT2D eigenvalue weighted by Crippen LogP contribution is 2.36. The number of aryl methyl sites for hydroxylation is 1. The number of nitrogens with one attached hydrogen (secondary N) is 1. The van der Waals surface area contributed by atoms with Crippen molar-refractivity contribution in [3.8, 4) is 5.75 Å². The summed E-state index contributed by atoms with van der Waals surface area (Å²) in [5.74, 6) is 0.133. The van der Waals surface area contributed by atoms with Gasteiger partial charge in [-0.05, 0) is 43.7 Å². The van der Waals surface area contributed by atoms with Crippen molar-refractivity contribution in [2.75, 3.05) is 5.32 Å². The van der Waals surface area contributed by atoms with Crippen molar-refractivity contribution in [1.82, 2.24) is 9.78 Å². The molecule has 2 aromatic carbocycles. The molecular formula is C20H18Cl3N3O2.